The number of hydrogen-bond donors (Lipinski definition) is 1. The monoisotopic (exact) mass is 371 g/mol. The van der Waals surface area contributed by atoms with Gasteiger partial charge in [-0.25, -0.2) is 4.39 Å². The molecule has 0 bridgehead atoms. The molecule has 0 saturated carbocycles. The molecule has 5 heteroatoms. The summed E-state index contributed by atoms with van der Waals surface area (Å²) in [5.41, 5.74) is 0.927. The fraction of sp³-hybridized carbons (Fsp3) is 0.250. The Hall–Kier alpha value is -1.10. The molecule has 2 rings (SSSR count). The van der Waals surface area contributed by atoms with Crippen molar-refractivity contribution in [3.8, 4) is 11.5 Å². The summed E-state index contributed by atoms with van der Waals surface area (Å²) < 4.78 is 19.8. The second-order valence-corrected chi connectivity index (χ2v) is 6.35. The second kappa shape index (κ2) is 7.25. The lowest BCUT2D eigenvalue weighted by molar-refractivity contribution is 0.464. The molecule has 2 aromatic carbocycles. The number of ether oxygens (including phenoxy) is 1. The van der Waals surface area contributed by atoms with E-state index in [1.807, 2.05) is 6.07 Å². The zero-order valence-corrected chi connectivity index (χ0v) is 14.1. The number of rotatable bonds is 5. The van der Waals surface area contributed by atoms with E-state index in [1.54, 1.807) is 18.2 Å². The van der Waals surface area contributed by atoms with Crippen molar-refractivity contribution in [2.45, 2.75) is 26.4 Å². The molecule has 112 valence electrons. The Balaban J connectivity index is 2.25. The van der Waals surface area contributed by atoms with Gasteiger partial charge in [-0.1, -0.05) is 41.4 Å². The van der Waals surface area contributed by atoms with Gasteiger partial charge in [0.2, 0.25) is 0 Å². The Morgan fingerprint density at radius 2 is 2.00 bits per heavy atom. The lowest BCUT2D eigenvalue weighted by atomic mass is 10.2. The fourth-order valence-electron chi connectivity index (χ4n) is 1.81. The molecule has 0 radical (unpaired) electrons. The first kappa shape index (κ1) is 16.3. The molecule has 1 N–H and O–H groups in total. The number of benzene rings is 2. The van der Waals surface area contributed by atoms with Crippen molar-refractivity contribution in [3.63, 3.8) is 0 Å². The van der Waals surface area contributed by atoms with E-state index in [-0.39, 0.29) is 5.82 Å². The Bertz CT molecular complexity index is 613. The number of hydrogen-bond acceptors (Lipinski definition) is 2. The maximum atomic E-state index is 13.4. The Labute approximate surface area is 137 Å². The molecule has 0 aromatic heterocycles. The smallest absolute Gasteiger partial charge is 0.132 e. The molecule has 0 saturated heterocycles. The first-order valence-electron chi connectivity index (χ1n) is 6.60. The minimum Gasteiger partial charge on any atom is -0.457 e. The molecule has 0 unspecified atom stereocenters. The minimum atomic E-state index is -0.352. The van der Waals surface area contributed by atoms with Gasteiger partial charge in [-0.2, -0.15) is 0 Å². The average molecular weight is 373 g/mol. The van der Waals surface area contributed by atoms with E-state index >= 15 is 0 Å². The van der Waals surface area contributed by atoms with Gasteiger partial charge in [0.05, 0.1) is 0 Å². The van der Waals surface area contributed by atoms with E-state index in [4.69, 9.17) is 16.3 Å². The molecule has 0 heterocycles. The second-order valence-electron chi connectivity index (χ2n) is 4.99. The van der Waals surface area contributed by atoms with Crippen LogP contribution in [0.15, 0.2) is 40.9 Å². The van der Waals surface area contributed by atoms with Gasteiger partial charge in [0.25, 0.3) is 0 Å². The summed E-state index contributed by atoms with van der Waals surface area (Å²) >= 11 is 9.29. The highest BCUT2D eigenvalue weighted by atomic mass is 79.9. The van der Waals surface area contributed by atoms with Gasteiger partial charge < -0.3 is 10.1 Å². The van der Waals surface area contributed by atoms with Crippen molar-refractivity contribution in [3.05, 3.63) is 57.3 Å². The van der Waals surface area contributed by atoms with Crippen LogP contribution in [0.25, 0.3) is 0 Å². The van der Waals surface area contributed by atoms with Crippen LogP contribution in [0, 0.1) is 5.82 Å². The lowest BCUT2D eigenvalue weighted by Gasteiger charge is -2.14. The molecule has 0 aliphatic rings. The Morgan fingerprint density at radius 3 is 2.67 bits per heavy atom. The van der Waals surface area contributed by atoms with Gasteiger partial charge in [0.1, 0.15) is 17.3 Å². The predicted molar refractivity (Wildman–Crippen MR) is 87.6 cm³/mol. The molecule has 0 aliphatic carbocycles. The molecule has 2 nitrogen and oxygen atoms in total. The minimum absolute atomic E-state index is 0.347. The summed E-state index contributed by atoms with van der Waals surface area (Å²) in [5.74, 6) is 0.746. The van der Waals surface area contributed by atoms with Crippen LogP contribution >= 0.6 is 27.5 Å². The van der Waals surface area contributed by atoms with Gasteiger partial charge in [-0.05, 0) is 30.3 Å². The lowest BCUT2D eigenvalue weighted by Crippen LogP contribution is -2.22. The quantitative estimate of drug-likeness (QED) is 0.745. The van der Waals surface area contributed by atoms with E-state index in [9.17, 15) is 4.39 Å². The Kier molecular flexibility index (Phi) is 5.62. The van der Waals surface area contributed by atoms with E-state index in [1.165, 1.54) is 12.1 Å². The zero-order chi connectivity index (χ0) is 15.4. The van der Waals surface area contributed by atoms with Crippen molar-refractivity contribution < 1.29 is 9.13 Å². The van der Waals surface area contributed by atoms with Crippen molar-refractivity contribution >= 4 is 27.5 Å². The van der Waals surface area contributed by atoms with Crippen molar-refractivity contribution in [1.82, 2.24) is 5.32 Å². The highest BCUT2D eigenvalue weighted by molar-refractivity contribution is 9.10. The van der Waals surface area contributed by atoms with Crippen LogP contribution in [-0.4, -0.2) is 6.04 Å². The van der Waals surface area contributed by atoms with Crippen LogP contribution in [0.3, 0.4) is 0 Å². The molecule has 0 amide bonds. The highest BCUT2D eigenvalue weighted by Crippen LogP contribution is 2.30. The summed E-state index contributed by atoms with van der Waals surface area (Å²) in [4.78, 5) is 0. The van der Waals surface area contributed by atoms with Crippen molar-refractivity contribution in [1.29, 1.82) is 0 Å². The largest absolute Gasteiger partial charge is 0.457 e. The van der Waals surface area contributed by atoms with E-state index in [0.717, 1.165) is 5.56 Å². The molecule has 2 aromatic rings. The maximum absolute atomic E-state index is 13.4. The first-order valence-corrected chi connectivity index (χ1v) is 7.77. The summed E-state index contributed by atoms with van der Waals surface area (Å²) in [7, 11) is 0. The number of halogens is 3. The van der Waals surface area contributed by atoms with E-state index < -0.39 is 0 Å². The molecule has 0 spiro atoms. The third kappa shape index (κ3) is 4.99. The molecule has 0 fully saturated rings. The third-order valence-electron chi connectivity index (χ3n) is 2.79. The van der Waals surface area contributed by atoms with Gasteiger partial charge >= 0.3 is 0 Å². The standard InChI is InChI=1S/C16H16BrClFNO/c1-10(2)20-9-11-5-13(18)3-4-16(11)21-15-7-12(17)6-14(19)8-15/h3-8,10,20H,9H2,1-2H3. The predicted octanol–water partition coefficient (Wildman–Crippen LogP) is 5.53. The summed E-state index contributed by atoms with van der Waals surface area (Å²) in [6.45, 7) is 4.76. The van der Waals surface area contributed by atoms with Gasteiger partial charge in [0, 0.05) is 33.7 Å². The molecule has 21 heavy (non-hydrogen) atoms. The van der Waals surface area contributed by atoms with Crippen molar-refractivity contribution in [2.24, 2.45) is 0 Å². The molecular weight excluding hydrogens is 357 g/mol. The zero-order valence-electron chi connectivity index (χ0n) is 11.8. The van der Waals surface area contributed by atoms with E-state index in [0.29, 0.717) is 33.6 Å². The van der Waals surface area contributed by atoms with Crippen LogP contribution in [-0.2, 0) is 6.54 Å². The van der Waals surface area contributed by atoms with Crippen LogP contribution in [0.2, 0.25) is 5.02 Å². The normalized spacial score (nSPS) is 11.0. The van der Waals surface area contributed by atoms with Crippen LogP contribution in [0.5, 0.6) is 11.5 Å². The Morgan fingerprint density at radius 1 is 1.24 bits per heavy atom. The average Bonchev–Trinajstić information content (AvgIpc) is 2.37. The first-order chi connectivity index (χ1) is 9.94. The third-order valence-corrected chi connectivity index (χ3v) is 3.48. The SMILES string of the molecule is CC(C)NCc1cc(Cl)ccc1Oc1cc(F)cc(Br)c1. The topological polar surface area (TPSA) is 21.3 Å². The summed E-state index contributed by atoms with van der Waals surface area (Å²) in [6, 6.07) is 10.2. The molecule has 0 atom stereocenters. The highest BCUT2D eigenvalue weighted by Gasteiger charge is 2.08. The maximum Gasteiger partial charge on any atom is 0.132 e. The molecule has 0 aliphatic heterocycles. The van der Waals surface area contributed by atoms with Crippen LogP contribution in [0.1, 0.15) is 19.4 Å². The van der Waals surface area contributed by atoms with Crippen LogP contribution in [0.4, 0.5) is 4.39 Å². The van der Waals surface area contributed by atoms with Crippen molar-refractivity contribution in [2.75, 3.05) is 0 Å². The van der Waals surface area contributed by atoms with Gasteiger partial charge in [0.15, 0.2) is 0 Å². The van der Waals surface area contributed by atoms with Crippen LogP contribution < -0.4 is 10.1 Å². The van der Waals surface area contributed by atoms with Gasteiger partial charge in [-0.15, -0.1) is 0 Å². The summed E-state index contributed by atoms with van der Waals surface area (Å²) in [5, 5.41) is 3.96. The number of nitrogens with one attached hydrogen (secondary N) is 1. The fourth-order valence-corrected chi connectivity index (χ4v) is 2.45. The van der Waals surface area contributed by atoms with E-state index in [2.05, 4.69) is 35.1 Å². The van der Waals surface area contributed by atoms with Gasteiger partial charge in [-0.3, -0.25) is 0 Å². The molecular formula is C16H16BrClFNO. The summed E-state index contributed by atoms with van der Waals surface area (Å²) in [6.07, 6.45) is 0.